The van der Waals surface area contributed by atoms with Crippen LogP contribution in [0.2, 0.25) is 0 Å². The van der Waals surface area contributed by atoms with Crippen LogP contribution in [0.5, 0.6) is 17.2 Å². The van der Waals surface area contributed by atoms with Gasteiger partial charge in [0.1, 0.15) is 17.2 Å². The number of hydrogen-bond donors (Lipinski definition) is 1. The van der Waals surface area contributed by atoms with Gasteiger partial charge < -0.3 is 19.4 Å². The SMILES string of the molecule is CCCCCCCCOc1ccc(C(=O)Oc2ccc(C(=O)Oc3ccc(/C(C)=N/O)cc3)cc2)cc1. The molecule has 0 bridgehead atoms. The van der Waals surface area contributed by atoms with E-state index in [1.165, 1.54) is 49.9 Å². The molecule has 0 fully saturated rings. The van der Waals surface area contributed by atoms with E-state index in [0.29, 0.717) is 40.5 Å². The Hall–Kier alpha value is -4.13. The summed E-state index contributed by atoms with van der Waals surface area (Å²) in [7, 11) is 0. The summed E-state index contributed by atoms with van der Waals surface area (Å²) in [4.78, 5) is 24.9. The predicted molar refractivity (Wildman–Crippen MR) is 142 cm³/mol. The van der Waals surface area contributed by atoms with Crippen molar-refractivity contribution in [2.24, 2.45) is 5.16 Å². The molecule has 1 N–H and O–H groups in total. The minimum absolute atomic E-state index is 0.309. The highest BCUT2D eigenvalue weighted by molar-refractivity contribution is 5.98. The normalized spacial score (nSPS) is 11.1. The molecule has 3 aromatic rings. The third kappa shape index (κ3) is 8.79. The molecule has 7 heteroatoms. The number of rotatable bonds is 13. The van der Waals surface area contributed by atoms with Crippen molar-refractivity contribution in [2.75, 3.05) is 6.61 Å². The highest BCUT2D eigenvalue weighted by Gasteiger charge is 2.12. The van der Waals surface area contributed by atoms with Gasteiger partial charge in [-0.2, -0.15) is 0 Å². The minimum Gasteiger partial charge on any atom is -0.494 e. The number of ether oxygens (including phenoxy) is 3. The summed E-state index contributed by atoms with van der Waals surface area (Å²) in [5, 5.41) is 12.0. The number of nitrogens with zero attached hydrogens (tertiary/aromatic N) is 1. The number of oxime groups is 1. The van der Waals surface area contributed by atoms with Gasteiger partial charge >= 0.3 is 11.9 Å². The van der Waals surface area contributed by atoms with Crippen molar-refractivity contribution in [3.05, 3.63) is 89.5 Å². The highest BCUT2D eigenvalue weighted by Crippen LogP contribution is 2.19. The van der Waals surface area contributed by atoms with Crippen molar-refractivity contribution in [2.45, 2.75) is 52.4 Å². The molecule has 0 aliphatic heterocycles. The van der Waals surface area contributed by atoms with E-state index >= 15 is 0 Å². The summed E-state index contributed by atoms with van der Waals surface area (Å²) in [6.45, 7) is 4.53. The summed E-state index contributed by atoms with van der Waals surface area (Å²) >= 11 is 0. The molecule has 3 rings (SSSR count). The lowest BCUT2D eigenvalue weighted by Gasteiger charge is -2.08. The molecule has 0 amide bonds. The number of benzene rings is 3. The molecule has 0 aliphatic rings. The van der Waals surface area contributed by atoms with Crippen LogP contribution in [0.3, 0.4) is 0 Å². The lowest BCUT2D eigenvalue weighted by atomic mass is 10.1. The fraction of sp³-hybridized carbons (Fsp3) is 0.300. The van der Waals surface area contributed by atoms with Crippen LogP contribution in [0.1, 0.15) is 78.7 Å². The molecule has 0 unspecified atom stereocenters. The first-order chi connectivity index (χ1) is 18.0. The topological polar surface area (TPSA) is 94.4 Å². The molecule has 0 spiro atoms. The van der Waals surface area contributed by atoms with Gasteiger partial charge in [-0.3, -0.25) is 0 Å². The quantitative estimate of drug-likeness (QED) is 0.0670. The average molecular weight is 504 g/mol. The second-order valence-corrected chi connectivity index (χ2v) is 8.65. The molecule has 0 aromatic heterocycles. The maximum atomic E-state index is 12.5. The zero-order valence-corrected chi connectivity index (χ0v) is 21.3. The van der Waals surface area contributed by atoms with Crippen molar-refractivity contribution < 1.29 is 29.0 Å². The van der Waals surface area contributed by atoms with E-state index in [1.54, 1.807) is 55.5 Å². The van der Waals surface area contributed by atoms with Crippen molar-refractivity contribution in [1.82, 2.24) is 0 Å². The van der Waals surface area contributed by atoms with Crippen molar-refractivity contribution in [3.8, 4) is 17.2 Å². The second-order valence-electron chi connectivity index (χ2n) is 8.65. The van der Waals surface area contributed by atoms with E-state index in [4.69, 9.17) is 19.4 Å². The first kappa shape index (κ1) is 27.5. The Kier molecular flexibility index (Phi) is 10.7. The number of unbranched alkanes of at least 4 members (excludes halogenated alkanes) is 5. The van der Waals surface area contributed by atoms with Crippen LogP contribution in [-0.2, 0) is 0 Å². The Morgan fingerprint density at radius 2 is 1.08 bits per heavy atom. The molecular weight excluding hydrogens is 470 g/mol. The third-order valence-corrected chi connectivity index (χ3v) is 5.79. The van der Waals surface area contributed by atoms with Gasteiger partial charge in [0, 0.05) is 0 Å². The Bertz CT molecular complexity index is 1170. The maximum Gasteiger partial charge on any atom is 0.343 e. The van der Waals surface area contributed by atoms with E-state index < -0.39 is 11.9 Å². The molecule has 0 atom stereocenters. The van der Waals surface area contributed by atoms with Crippen LogP contribution < -0.4 is 14.2 Å². The van der Waals surface area contributed by atoms with E-state index in [2.05, 4.69) is 12.1 Å². The van der Waals surface area contributed by atoms with Crippen molar-refractivity contribution >= 4 is 17.7 Å². The fourth-order valence-corrected chi connectivity index (χ4v) is 3.57. The Morgan fingerprint density at radius 1 is 0.649 bits per heavy atom. The summed E-state index contributed by atoms with van der Waals surface area (Å²) < 4.78 is 16.5. The summed E-state index contributed by atoms with van der Waals surface area (Å²) in [5.74, 6) is 0.344. The van der Waals surface area contributed by atoms with Crippen LogP contribution in [0, 0.1) is 0 Å². The van der Waals surface area contributed by atoms with Gasteiger partial charge in [-0.15, -0.1) is 0 Å². The number of esters is 2. The largest absolute Gasteiger partial charge is 0.494 e. The summed E-state index contributed by atoms with van der Waals surface area (Å²) in [6.07, 6.45) is 7.22. The van der Waals surface area contributed by atoms with Crippen LogP contribution in [0.4, 0.5) is 0 Å². The summed E-state index contributed by atoms with van der Waals surface area (Å²) in [5.41, 5.74) is 1.88. The molecule has 7 nitrogen and oxygen atoms in total. The average Bonchev–Trinajstić information content (AvgIpc) is 2.93. The molecule has 0 radical (unpaired) electrons. The van der Waals surface area contributed by atoms with Gasteiger partial charge in [-0.1, -0.05) is 44.2 Å². The predicted octanol–water partition coefficient (Wildman–Crippen LogP) is 7.06. The van der Waals surface area contributed by atoms with Crippen LogP contribution in [0.25, 0.3) is 0 Å². The lowest BCUT2D eigenvalue weighted by Crippen LogP contribution is -2.10. The number of carbonyl (C=O) groups excluding carboxylic acids is 2. The Balaban J connectivity index is 1.46. The monoisotopic (exact) mass is 503 g/mol. The number of hydrogen-bond acceptors (Lipinski definition) is 7. The molecule has 0 saturated carbocycles. The third-order valence-electron chi connectivity index (χ3n) is 5.79. The first-order valence-electron chi connectivity index (χ1n) is 12.6. The van der Waals surface area contributed by atoms with Crippen LogP contribution >= 0.6 is 0 Å². The molecule has 37 heavy (non-hydrogen) atoms. The van der Waals surface area contributed by atoms with E-state index in [0.717, 1.165) is 18.6 Å². The van der Waals surface area contributed by atoms with E-state index in [-0.39, 0.29) is 0 Å². The van der Waals surface area contributed by atoms with Gasteiger partial charge in [-0.25, -0.2) is 9.59 Å². The molecular formula is C30H33NO6. The van der Waals surface area contributed by atoms with E-state index in [9.17, 15) is 9.59 Å². The van der Waals surface area contributed by atoms with Gasteiger partial charge in [0.25, 0.3) is 0 Å². The standard InChI is InChI=1S/C30H33NO6/c1-3-4-5-6-7-8-21-35-26-15-11-24(12-16-26)29(32)37-28-19-13-25(14-20-28)30(33)36-27-17-9-23(10-18-27)22(2)31-34/h9-20,34H,3-8,21H2,1-2H3/b31-22+. The van der Waals surface area contributed by atoms with Crippen molar-refractivity contribution in [1.29, 1.82) is 0 Å². The lowest BCUT2D eigenvalue weighted by molar-refractivity contribution is 0.0730. The summed E-state index contributed by atoms with van der Waals surface area (Å²) in [6, 6.07) is 19.6. The van der Waals surface area contributed by atoms with Gasteiger partial charge in [0.15, 0.2) is 0 Å². The smallest absolute Gasteiger partial charge is 0.343 e. The van der Waals surface area contributed by atoms with Crippen molar-refractivity contribution in [3.63, 3.8) is 0 Å². The Labute approximate surface area is 217 Å². The van der Waals surface area contributed by atoms with Gasteiger partial charge in [0.2, 0.25) is 0 Å². The molecule has 0 saturated heterocycles. The number of carbonyl (C=O) groups is 2. The van der Waals surface area contributed by atoms with Crippen LogP contribution in [0.15, 0.2) is 78.0 Å². The molecule has 0 aliphatic carbocycles. The molecule has 3 aromatic carbocycles. The second kappa shape index (κ2) is 14.4. The molecule has 0 heterocycles. The van der Waals surface area contributed by atoms with Crippen LogP contribution in [-0.4, -0.2) is 29.5 Å². The maximum absolute atomic E-state index is 12.5. The van der Waals surface area contributed by atoms with Gasteiger partial charge in [0.05, 0.1) is 23.4 Å². The minimum atomic E-state index is -0.547. The van der Waals surface area contributed by atoms with Gasteiger partial charge in [-0.05, 0) is 91.7 Å². The fourth-order valence-electron chi connectivity index (χ4n) is 3.57. The van der Waals surface area contributed by atoms with E-state index in [1.807, 2.05) is 0 Å². The highest BCUT2D eigenvalue weighted by atomic mass is 16.5. The molecule has 194 valence electrons. The zero-order valence-electron chi connectivity index (χ0n) is 21.3. The first-order valence-corrected chi connectivity index (χ1v) is 12.6. The zero-order chi connectivity index (χ0) is 26.5. The Morgan fingerprint density at radius 3 is 1.57 bits per heavy atom.